The first kappa shape index (κ1) is 17.9. The third-order valence-corrected chi connectivity index (χ3v) is 4.29. The number of amides is 1. The van der Waals surface area contributed by atoms with Crippen molar-refractivity contribution in [1.82, 2.24) is 25.0 Å². The summed E-state index contributed by atoms with van der Waals surface area (Å²) in [6, 6.07) is 9.40. The van der Waals surface area contributed by atoms with E-state index in [1.54, 1.807) is 17.1 Å². The van der Waals surface area contributed by atoms with Crippen LogP contribution < -0.4 is 5.32 Å². The van der Waals surface area contributed by atoms with E-state index in [1.165, 1.54) is 0 Å². The van der Waals surface area contributed by atoms with Gasteiger partial charge in [-0.2, -0.15) is 5.10 Å². The smallest absolute Gasteiger partial charge is 0.254 e. The molecule has 0 saturated heterocycles. The third kappa shape index (κ3) is 3.67. The molecule has 3 rings (SSSR count). The van der Waals surface area contributed by atoms with E-state index in [0.29, 0.717) is 17.9 Å². The largest absolute Gasteiger partial charge is 0.465 e. The van der Waals surface area contributed by atoms with E-state index in [-0.39, 0.29) is 11.9 Å². The molecule has 0 aliphatic carbocycles. The van der Waals surface area contributed by atoms with Gasteiger partial charge in [0.15, 0.2) is 5.82 Å². The van der Waals surface area contributed by atoms with Gasteiger partial charge < -0.3 is 9.73 Å². The topological polar surface area (TPSA) is 76.2 Å². The zero-order valence-electron chi connectivity index (χ0n) is 15.4. The fourth-order valence-electron chi connectivity index (χ4n) is 2.80. The molecule has 0 spiro atoms. The van der Waals surface area contributed by atoms with Gasteiger partial charge in [0.05, 0.1) is 23.5 Å². The van der Waals surface area contributed by atoms with Crippen LogP contribution in [0.15, 0.2) is 47.1 Å². The van der Waals surface area contributed by atoms with E-state index in [2.05, 4.69) is 15.4 Å². The van der Waals surface area contributed by atoms with Crippen molar-refractivity contribution in [2.45, 2.75) is 19.9 Å². The molecule has 0 radical (unpaired) electrons. The van der Waals surface area contributed by atoms with Crippen LogP contribution in [0.2, 0.25) is 0 Å². The van der Waals surface area contributed by atoms with E-state index in [0.717, 1.165) is 17.2 Å². The lowest BCUT2D eigenvalue weighted by Gasteiger charge is -2.22. The number of hydrogen-bond donors (Lipinski definition) is 1. The summed E-state index contributed by atoms with van der Waals surface area (Å²) in [4.78, 5) is 18.9. The maximum atomic E-state index is 12.6. The Morgan fingerprint density at radius 1 is 1.27 bits per heavy atom. The minimum Gasteiger partial charge on any atom is -0.465 e. The lowest BCUT2D eigenvalue weighted by molar-refractivity contribution is 0.0938. The molecule has 1 atom stereocenters. The van der Waals surface area contributed by atoms with Gasteiger partial charge >= 0.3 is 0 Å². The van der Waals surface area contributed by atoms with E-state index < -0.39 is 0 Å². The minimum absolute atomic E-state index is 0.0428. The van der Waals surface area contributed by atoms with Crippen molar-refractivity contribution < 1.29 is 9.21 Å². The average Bonchev–Trinajstić information content (AvgIpc) is 3.21. The van der Waals surface area contributed by atoms with Gasteiger partial charge in [0.1, 0.15) is 11.5 Å². The Morgan fingerprint density at radius 3 is 2.69 bits per heavy atom. The number of likely N-dealkylation sites (N-methyl/N-ethyl adjacent to an activating group) is 1. The number of aryl methyl sites for hydroxylation is 1. The number of pyridine rings is 1. The fraction of sp³-hybridized carbons (Fsp3) is 0.316. The summed E-state index contributed by atoms with van der Waals surface area (Å²) in [7, 11) is 3.91. The summed E-state index contributed by atoms with van der Waals surface area (Å²) in [5, 5.41) is 7.27. The van der Waals surface area contributed by atoms with E-state index in [9.17, 15) is 4.79 Å². The number of hydrogen-bond acceptors (Lipinski definition) is 5. The molecule has 3 aromatic rings. The molecule has 0 bridgehead atoms. The summed E-state index contributed by atoms with van der Waals surface area (Å²) in [6.07, 6.45) is 3.27. The molecule has 3 heterocycles. The lowest BCUT2D eigenvalue weighted by Crippen LogP contribution is -2.34. The minimum atomic E-state index is -0.167. The summed E-state index contributed by atoms with van der Waals surface area (Å²) in [6.45, 7) is 4.20. The maximum Gasteiger partial charge on any atom is 0.254 e. The van der Waals surface area contributed by atoms with Crippen molar-refractivity contribution in [3.05, 3.63) is 65.5 Å². The quantitative estimate of drug-likeness (QED) is 0.737. The van der Waals surface area contributed by atoms with Crippen LogP contribution in [0.25, 0.3) is 5.82 Å². The average molecular weight is 353 g/mol. The van der Waals surface area contributed by atoms with Crippen LogP contribution >= 0.6 is 0 Å². The zero-order valence-corrected chi connectivity index (χ0v) is 15.4. The summed E-state index contributed by atoms with van der Waals surface area (Å²) >= 11 is 0. The van der Waals surface area contributed by atoms with E-state index in [1.807, 2.05) is 63.2 Å². The second kappa shape index (κ2) is 7.53. The van der Waals surface area contributed by atoms with Crippen molar-refractivity contribution in [3.63, 3.8) is 0 Å². The number of carbonyl (C=O) groups excluding carboxylic acids is 1. The lowest BCUT2D eigenvalue weighted by atomic mass is 10.2. The number of furan rings is 1. The first-order chi connectivity index (χ1) is 12.5. The Morgan fingerprint density at radius 2 is 2.08 bits per heavy atom. The van der Waals surface area contributed by atoms with Crippen LogP contribution in [-0.2, 0) is 0 Å². The predicted octanol–water partition coefficient (Wildman–Crippen LogP) is 2.51. The number of rotatable bonds is 6. The first-order valence-corrected chi connectivity index (χ1v) is 8.44. The van der Waals surface area contributed by atoms with Crippen LogP contribution in [0.4, 0.5) is 0 Å². The number of carbonyl (C=O) groups is 1. The second-order valence-electron chi connectivity index (χ2n) is 6.38. The van der Waals surface area contributed by atoms with Gasteiger partial charge in [-0.15, -0.1) is 0 Å². The second-order valence-corrected chi connectivity index (χ2v) is 6.38. The van der Waals surface area contributed by atoms with Crippen molar-refractivity contribution in [2.75, 3.05) is 20.6 Å². The standard InChI is InChI=1S/C19H23N5O2/c1-13-8-9-17(26-13)16(23(3)4)12-21-19(25)15-11-22-24(14(15)2)18-7-5-6-10-20-18/h5-11,16H,12H2,1-4H3,(H,21,25)/t16-/m0/s1. The van der Waals surface area contributed by atoms with Gasteiger partial charge in [-0.3, -0.25) is 9.69 Å². The summed E-state index contributed by atoms with van der Waals surface area (Å²) in [5.74, 6) is 2.19. The Bertz CT molecular complexity index is 882. The molecule has 0 aromatic carbocycles. The Hall–Kier alpha value is -2.93. The molecule has 1 amide bonds. The number of aromatic nitrogens is 3. The van der Waals surface area contributed by atoms with Crippen LogP contribution in [-0.4, -0.2) is 46.2 Å². The molecule has 0 aliphatic heterocycles. The molecule has 0 saturated carbocycles. The van der Waals surface area contributed by atoms with E-state index >= 15 is 0 Å². The first-order valence-electron chi connectivity index (χ1n) is 8.44. The highest BCUT2D eigenvalue weighted by Crippen LogP contribution is 2.20. The van der Waals surface area contributed by atoms with Gasteiger partial charge in [-0.25, -0.2) is 9.67 Å². The van der Waals surface area contributed by atoms with Crippen molar-refractivity contribution in [1.29, 1.82) is 0 Å². The van der Waals surface area contributed by atoms with Crippen LogP contribution in [0, 0.1) is 13.8 Å². The highest BCUT2D eigenvalue weighted by atomic mass is 16.3. The number of nitrogens with one attached hydrogen (secondary N) is 1. The van der Waals surface area contributed by atoms with Crippen molar-refractivity contribution in [3.8, 4) is 5.82 Å². The Kier molecular flexibility index (Phi) is 5.18. The number of nitrogens with zero attached hydrogens (tertiary/aromatic N) is 4. The zero-order chi connectivity index (χ0) is 18.7. The van der Waals surface area contributed by atoms with Crippen LogP contribution in [0.5, 0.6) is 0 Å². The highest BCUT2D eigenvalue weighted by Gasteiger charge is 2.21. The molecule has 7 heteroatoms. The third-order valence-electron chi connectivity index (χ3n) is 4.29. The molecule has 0 unspecified atom stereocenters. The SMILES string of the molecule is Cc1ccc([C@H](CNC(=O)c2cnn(-c3ccccn3)c2C)N(C)C)o1. The molecule has 136 valence electrons. The van der Waals surface area contributed by atoms with E-state index in [4.69, 9.17) is 4.42 Å². The summed E-state index contributed by atoms with van der Waals surface area (Å²) in [5.41, 5.74) is 1.28. The molecular formula is C19H23N5O2. The molecule has 1 N–H and O–H groups in total. The molecule has 0 aliphatic rings. The predicted molar refractivity (Wildman–Crippen MR) is 98.3 cm³/mol. The van der Waals surface area contributed by atoms with Crippen LogP contribution in [0.3, 0.4) is 0 Å². The normalized spacial score (nSPS) is 12.3. The Balaban J connectivity index is 1.73. The maximum absolute atomic E-state index is 12.6. The van der Waals surface area contributed by atoms with Crippen LogP contribution in [0.1, 0.15) is 33.6 Å². The van der Waals surface area contributed by atoms with Gasteiger partial charge in [0.2, 0.25) is 0 Å². The van der Waals surface area contributed by atoms with Gasteiger partial charge in [-0.1, -0.05) is 6.07 Å². The molecule has 0 fully saturated rings. The highest BCUT2D eigenvalue weighted by molar-refractivity contribution is 5.95. The fourth-order valence-corrected chi connectivity index (χ4v) is 2.80. The van der Waals surface area contributed by atoms with Gasteiger partial charge in [0.25, 0.3) is 5.91 Å². The molecular weight excluding hydrogens is 330 g/mol. The summed E-state index contributed by atoms with van der Waals surface area (Å²) < 4.78 is 7.37. The van der Waals surface area contributed by atoms with Crippen molar-refractivity contribution >= 4 is 5.91 Å². The molecule has 3 aromatic heterocycles. The molecule has 7 nitrogen and oxygen atoms in total. The van der Waals surface area contributed by atoms with Crippen molar-refractivity contribution in [2.24, 2.45) is 0 Å². The Labute approximate surface area is 152 Å². The molecule has 26 heavy (non-hydrogen) atoms. The monoisotopic (exact) mass is 353 g/mol. The van der Waals surface area contributed by atoms with Gasteiger partial charge in [0, 0.05) is 12.7 Å². The van der Waals surface area contributed by atoms with Gasteiger partial charge in [-0.05, 0) is 52.2 Å².